The van der Waals surface area contributed by atoms with Crippen molar-refractivity contribution in [3.63, 3.8) is 0 Å². The Morgan fingerprint density at radius 3 is 2.31 bits per heavy atom. The van der Waals surface area contributed by atoms with Crippen LogP contribution >= 0.6 is 0 Å². The van der Waals surface area contributed by atoms with E-state index in [-0.39, 0.29) is 18.3 Å². The van der Waals surface area contributed by atoms with Crippen molar-refractivity contribution < 1.29 is 14.3 Å². The maximum Gasteiger partial charge on any atom is 0.313 e. The van der Waals surface area contributed by atoms with E-state index >= 15 is 0 Å². The maximum atomic E-state index is 11.0. The highest BCUT2D eigenvalue weighted by atomic mass is 16.5. The predicted molar refractivity (Wildman–Crippen MR) is 49.4 cm³/mol. The Bertz CT molecular complexity index is 189. The lowest BCUT2D eigenvalue weighted by atomic mass is 10.3. The van der Waals surface area contributed by atoms with Crippen molar-refractivity contribution in [2.24, 2.45) is 0 Å². The van der Waals surface area contributed by atoms with Crippen LogP contribution in [-0.4, -0.2) is 43.4 Å². The smallest absolute Gasteiger partial charge is 0.313 e. The van der Waals surface area contributed by atoms with Crippen LogP contribution < -0.4 is 0 Å². The van der Waals surface area contributed by atoms with Crippen LogP contribution in [0.5, 0.6) is 0 Å². The van der Waals surface area contributed by atoms with Gasteiger partial charge >= 0.3 is 5.97 Å². The first-order chi connectivity index (χ1) is 5.91. The van der Waals surface area contributed by atoms with E-state index in [0.29, 0.717) is 6.54 Å². The van der Waals surface area contributed by atoms with Gasteiger partial charge in [0.2, 0.25) is 0 Å². The van der Waals surface area contributed by atoms with Gasteiger partial charge in [0.1, 0.15) is 18.3 Å². The molecule has 0 aromatic heterocycles. The molecule has 0 aromatic carbocycles. The van der Waals surface area contributed by atoms with Crippen molar-refractivity contribution >= 4 is 11.8 Å². The van der Waals surface area contributed by atoms with Crippen molar-refractivity contribution in [3.8, 4) is 0 Å². The molecule has 0 aliphatic rings. The summed E-state index contributed by atoms with van der Waals surface area (Å²) in [4.78, 5) is 23.5. The van der Waals surface area contributed by atoms with E-state index in [9.17, 15) is 9.59 Å². The summed E-state index contributed by atoms with van der Waals surface area (Å²) in [6, 6.07) is 0. The number of ketones is 1. The molecular formula is C9H17NO3. The molecule has 0 bridgehead atoms. The first-order valence-electron chi connectivity index (χ1n) is 4.25. The number of rotatable bonds is 5. The minimum atomic E-state index is -0.443. The van der Waals surface area contributed by atoms with E-state index in [2.05, 4.69) is 0 Å². The zero-order valence-electron chi connectivity index (χ0n) is 8.66. The summed E-state index contributed by atoms with van der Waals surface area (Å²) in [5.74, 6) is -0.607. The fourth-order valence-corrected chi connectivity index (χ4v) is 1.02. The summed E-state index contributed by atoms with van der Waals surface area (Å²) in [5, 5.41) is 0. The second-order valence-electron chi connectivity index (χ2n) is 3.44. The Hall–Kier alpha value is -0.900. The van der Waals surface area contributed by atoms with Gasteiger partial charge in [-0.3, -0.25) is 9.59 Å². The number of Topliss-reactive ketones (excluding diaryl/α,β-unsaturated/α-hetero) is 1. The normalized spacial score (nSPS) is 12.7. The third-order valence-electron chi connectivity index (χ3n) is 1.35. The Labute approximate surface area is 78.9 Å². The zero-order chi connectivity index (χ0) is 10.4. The lowest BCUT2D eigenvalue weighted by molar-refractivity contribution is -0.150. The second-order valence-corrected chi connectivity index (χ2v) is 3.44. The molecule has 4 heteroatoms. The highest BCUT2D eigenvalue weighted by Gasteiger charge is 2.11. The molecule has 13 heavy (non-hydrogen) atoms. The van der Waals surface area contributed by atoms with E-state index in [4.69, 9.17) is 4.74 Å². The van der Waals surface area contributed by atoms with E-state index in [0.717, 1.165) is 0 Å². The van der Waals surface area contributed by atoms with Crippen molar-refractivity contribution in [2.45, 2.75) is 26.4 Å². The summed E-state index contributed by atoms with van der Waals surface area (Å²) >= 11 is 0. The lowest BCUT2D eigenvalue weighted by Gasteiger charge is -2.16. The summed E-state index contributed by atoms with van der Waals surface area (Å²) in [5.41, 5.74) is 0. The molecule has 0 saturated carbocycles. The predicted octanol–water partition coefficient (Wildman–Crippen LogP) is 0.459. The first kappa shape index (κ1) is 12.1. The number of hydrogen-bond acceptors (Lipinski definition) is 4. The van der Waals surface area contributed by atoms with Gasteiger partial charge in [0.25, 0.3) is 0 Å². The van der Waals surface area contributed by atoms with Gasteiger partial charge in [-0.2, -0.15) is 0 Å². The second kappa shape index (κ2) is 5.70. The monoisotopic (exact) mass is 187 g/mol. The van der Waals surface area contributed by atoms with Crippen molar-refractivity contribution in [1.82, 2.24) is 4.90 Å². The van der Waals surface area contributed by atoms with Gasteiger partial charge in [0.05, 0.1) is 0 Å². The van der Waals surface area contributed by atoms with Crippen molar-refractivity contribution in [2.75, 3.05) is 20.6 Å². The van der Waals surface area contributed by atoms with Gasteiger partial charge in [-0.25, -0.2) is 0 Å². The third-order valence-corrected chi connectivity index (χ3v) is 1.35. The summed E-state index contributed by atoms with van der Waals surface area (Å²) < 4.78 is 4.97. The molecule has 0 fully saturated rings. The first-order valence-corrected chi connectivity index (χ1v) is 4.25. The number of esters is 1. The number of ether oxygens (including phenoxy) is 1. The lowest BCUT2D eigenvalue weighted by Crippen LogP contribution is -2.28. The van der Waals surface area contributed by atoms with Gasteiger partial charge in [0, 0.05) is 6.54 Å². The number of carbonyl (C=O) groups is 2. The van der Waals surface area contributed by atoms with Crippen molar-refractivity contribution in [1.29, 1.82) is 0 Å². The largest absolute Gasteiger partial charge is 0.461 e. The van der Waals surface area contributed by atoms with Crippen LogP contribution in [0.1, 0.15) is 20.3 Å². The van der Waals surface area contributed by atoms with Gasteiger partial charge in [-0.05, 0) is 27.9 Å². The van der Waals surface area contributed by atoms with Crippen LogP contribution in [0.4, 0.5) is 0 Å². The molecule has 0 N–H and O–H groups in total. The van der Waals surface area contributed by atoms with Crippen LogP contribution in [0.25, 0.3) is 0 Å². The topological polar surface area (TPSA) is 46.6 Å². The standard InChI is InChI=1S/C9H17NO3/c1-7(11)5-9(12)13-8(2)6-10(3)4/h8H,5-6H2,1-4H3. The van der Waals surface area contributed by atoms with Gasteiger partial charge < -0.3 is 9.64 Å². The minimum absolute atomic E-state index is 0.127. The number of hydrogen-bond donors (Lipinski definition) is 0. The molecule has 0 rings (SSSR count). The molecule has 1 unspecified atom stereocenters. The van der Waals surface area contributed by atoms with E-state index in [1.54, 1.807) is 6.92 Å². The Morgan fingerprint density at radius 2 is 1.92 bits per heavy atom. The van der Waals surface area contributed by atoms with E-state index < -0.39 is 5.97 Å². The molecule has 0 radical (unpaired) electrons. The van der Waals surface area contributed by atoms with Gasteiger partial charge in [0.15, 0.2) is 0 Å². The minimum Gasteiger partial charge on any atom is -0.461 e. The summed E-state index contributed by atoms with van der Waals surface area (Å²) in [7, 11) is 3.80. The van der Waals surface area contributed by atoms with Crippen LogP contribution in [0.2, 0.25) is 0 Å². The molecule has 0 aliphatic carbocycles. The number of likely N-dealkylation sites (N-methyl/N-ethyl adjacent to an activating group) is 1. The molecule has 0 spiro atoms. The van der Waals surface area contributed by atoms with Gasteiger partial charge in [-0.15, -0.1) is 0 Å². The SMILES string of the molecule is CC(=O)CC(=O)OC(C)CN(C)C. The molecular weight excluding hydrogens is 170 g/mol. The Kier molecular flexibility index (Phi) is 5.30. The Balaban J connectivity index is 3.71. The highest BCUT2D eigenvalue weighted by Crippen LogP contribution is 1.96. The molecule has 0 amide bonds. The fraction of sp³-hybridized carbons (Fsp3) is 0.778. The Morgan fingerprint density at radius 1 is 1.38 bits per heavy atom. The van der Waals surface area contributed by atoms with Crippen LogP contribution in [0.3, 0.4) is 0 Å². The average Bonchev–Trinajstić information content (AvgIpc) is 1.80. The molecule has 76 valence electrons. The summed E-state index contributed by atoms with van der Waals surface area (Å²) in [6.45, 7) is 3.85. The summed E-state index contributed by atoms with van der Waals surface area (Å²) in [6.07, 6.45) is -0.292. The molecule has 4 nitrogen and oxygen atoms in total. The van der Waals surface area contributed by atoms with Crippen LogP contribution in [-0.2, 0) is 14.3 Å². The maximum absolute atomic E-state index is 11.0. The molecule has 0 aliphatic heterocycles. The van der Waals surface area contributed by atoms with E-state index in [1.165, 1.54) is 6.92 Å². The van der Waals surface area contributed by atoms with Crippen LogP contribution in [0, 0.1) is 0 Å². The highest BCUT2D eigenvalue weighted by molar-refractivity contribution is 5.94. The molecule has 0 aromatic rings. The van der Waals surface area contributed by atoms with Gasteiger partial charge in [-0.1, -0.05) is 0 Å². The average molecular weight is 187 g/mol. The molecule has 0 saturated heterocycles. The van der Waals surface area contributed by atoms with Crippen LogP contribution in [0.15, 0.2) is 0 Å². The fourth-order valence-electron chi connectivity index (χ4n) is 1.02. The molecule has 1 atom stereocenters. The van der Waals surface area contributed by atoms with E-state index in [1.807, 2.05) is 19.0 Å². The number of nitrogens with zero attached hydrogens (tertiary/aromatic N) is 1. The zero-order valence-corrected chi connectivity index (χ0v) is 8.66. The molecule has 0 heterocycles. The number of carbonyl (C=O) groups excluding carboxylic acids is 2. The quantitative estimate of drug-likeness (QED) is 0.463. The third kappa shape index (κ3) is 7.46. The van der Waals surface area contributed by atoms with Crippen molar-refractivity contribution in [3.05, 3.63) is 0 Å².